The van der Waals surface area contributed by atoms with E-state index in [2.05, 4.69) is 29.3 Å². The lowest BCUT2D eigenvalue weighted by molar-refractivity contribution is 1.05. The van der Waals surface area contributed by atoms with Crippen molar-refractivity contribution < 1.29 is 0 Å². The smallest absolute Gasteiger partial charge is 0.0695 e. The Balaban J connectivity index is 2.80. The van der Waals surface area contributed by atoms with Gasteiger partial charge in [0.2, 0.25) is 0 Å². The van der Waals surface area contributed by atoms with Crippen molar-refractivity contribution in [3.05, 3.63) is 29.5 Å². The van der Waals surface area contributed by atoms with Gasteiger partial charge >= 0.3 is 0 Å². The van der Waals surface area contributed by atoms with Crippen molar-refractivity contribution in [2.75, 3.05) is 0 Å². The van der Waals surface area contributed by atoms with Crippen LogP contribution in [0, 0.1) is 6.92 Å². The van der Waals surface area contributed by atoms with E-state index in [0.717, 1.165) is 16.5 Å². The number of hydrogen-bond acceptors (Lipinski definition) is 2. The van der Waals surface area contributed by atoms with Crippen LogP contribution >= 0.6 is 0 Å². The van der Waals surface area contributed by atoms with E-state index in [1.54, 1.807) is 0 Å². The molecule has 0 unspecified atom stereocenters. The lowest BCUT2D eigenvalue weighted by Gasteiger charge is -2.00. The zero-order valence-corrected chi connectivity index (χ0v) is 6.96. The molecule has 1 aromatic carbocycles. The first-order chi connectivity index (χ1) is 5.81. The number of aryl methyl sites for hydroxylation is 1. The molecule has 1 heterocycles. The predicted octanol–water partition coefficient (Wildman–Crippen LogP) is 1.33. The number of nitrogens with zero attached hydrogens (tertiary/aromatic N) is 1. The molecule has 0 radical (unpaired) electrons. The van der Waals surface area contributed by atoms with Gasteiger partial charge in [-0.1, -0.05) is 11.6 Å². The minimum Gasteiger partial charge on any atom is -0.326 e. The molecule has 0 amide bonds. The van der Waals surface area contributed by atoms with Crippen LogP contribution in [0.2, 0.25) is 0 Å². The fraction of sp³-hybridized carbons (Fsp3) is 0.222. The van der Waals surface area contributed by atoms with E-state index in [1.165, 1.54) is 5.56 Å². The summed E-state index contributed by atoms with van der Waals surface area (Å²) in [7, 11) is 0. The number of nitrogens with two attached hydrogens (primary N) is 1. The first-order valence-electron chi connectivity index (χ1n) is 3.94. The molecule has 0 saturated heterocycles. The molecule has 0 fully saturated rings. The molecule has 0 saturated carbocycles. The first kappa shape index (κ1) is 7.31. The SMILES string of the molecule is Cc1cc(CN)c2[nH]ncc2c1. The molecule has 3 N–H and O–H groups in total. The van der Waals surface area contributed by atoms with Gasteiger partial charge in [-0.05, 0) is 18.6 Å². The lowest BCUT2D eigenvalue weighted by atomic mass is 10.1. The number of benzene rings is 1. The topological polar surface area (TPSA) is 54.7 Å². The molecule has 0 spiro atoms. The summed E-state index contributed by atoms with van der Waals surface area (Å²) in [6.45, 7) is 2.62. The molecule has 0 atom stereocenters. The number of hydrogen-bond donors (Lipinski definition) is 2. The van der Waals surface area contributed by atoms with Gasteiger partial charge in [-0.2, -0.15) is 5.10 Å². The van der Waals surface area contributed by atoms with Crippen molar-refractivity contribution in [2.24, 2.45) is 5.73 Å². The van der Waals surface area contributed by atoms with Crippen molar-refractivity contribution in [3.63, 3.8) is 0 Å². The van der Waals surface area contributed by atoms with Crippen LogP contribution in [0.25, 0.3) is 10.9 Å². The zero-order chi connectivity index (χ0) is 8.55. The highest BCUT2D eigenvalue weighted by Crippen LogP contribution is 2.17. The van der Waals surface area contributed by atoms with Crippen molar-refractivity contribution in [1.82, 2.24) is 10.2 Å². The third-order valence-corrected chi connectivity index (χ3v) is 1.99. The van der Waals surface area contributed by atoms with Gasteiger partial charge in [-0.3, -0.25) is 5.10 Å². The van der Waals surface area contributed by atoms with Crippen LogP contribution in [-0.4, -0.2) is 10.2 Å². The number of rotatable bonds is 1. The molecule has 0 aliphatic heterocycles. The normalized spacial score (nSPS) is 10.8. The maximum Gasteiger partial charge on any atom is 0.0695 e. The zero-order valence-electron chi connectivity index (χ0n) is 6.96. The summed E-state index contributed by atoms with van der Waals surface area (Å²) in [4.78, 5) is 0. The molecule has 3 nitrogen and oxygen atoms in total. The number of nitrogens with one attached hydrogen (secondary N) is 1. The van der Waals surface area contributed by atoms with Gasteiger partial charge in [-0.15, -0.1) is 0 Å². The van der Waals surface area contributed by atoms with Crippen LogP contribution in [0.5, 0.6) is 0 Å². The van der Waals surface area contributed by atoms with Crippen molar-refractivity contribution in [3.8, 4) is 0 Å². The molecule has 62 valence electrons. The van der Waals surface area contributed by atoms with E-state index in [4.69, 9.17) is 5.73 Å². The Morgan fingerprint density at radius 2 is 2.33 bits per heavy atom. The highest BCUT2D eigenvalue weighted by Gasteiger charge is 2.01. The number of aromatic nitrogens is 2. The second-order valence-corrected chi connectivity index (χ2v) is 2.96. The van der Waals surface area contributed by atoms with Crippen LogP contribution in [0.3, 0.4) is 0 Å². The van der Waals surface area contributed by atoms with Gasteiger partial charge in [-0.25, -0.2) is 0 Å². The Hall–Kier alpha value is -1.35. The molecule has 3 heteroatoms. The molecule has 2 rings (SSSR count). The predicted molar refractivity (Wildman–Crippen MR) is 48.7 cm³/mol. The van der Waals surface area contributed by atoms with Gasteiger partial charge in [0.1, 0.15) is 0 Å². The minimum absolute atomic E-state index is 0.556. The molecule has 2 aromatic rings. The second-order valence-electron chi connectivity index (χ2n) is 2.96. The van der Waals surface area contributed by atoms with E-state index < -0.39 is 0 Å². The summed E-state index contributed by atoms with van der Waals surface area (Å²) in [6.07, 6.45) is 1.82. The van der Waals surface area contributed by atoms with Crippen LogP contribution in [-0.2, 0) is 6.54 Å². The van der Waals surface area contributed by atoms with E-state index in [1.807, 2.05) is 6.20 Å². The summed E-state index contributed by atoms with van der Waals surface area (Å²) >= 11 is 0. The van der Waals surface area contributed by atoms with Gasteiger partial charge in [0.05, 0.1) is 11.7 Å². The monoisotopic (exact) mass is 161 g/mol. The van der Waals surface area contributed by atoms with Crippen LogP contribution in [0.15, 0.2) is 18.3 Å². The lowest BCUT2D eigenvalue weighted by Crippen LogP contribution is -1.97. The largest absolute Gasteiger partial charge is 0.326 e. The highest BCUT2D eigenvalue weighted by atomic mass is 15.1. The standard InChI is InChI=1S/C9H11N3/c1-6-2-7(4-10)9-8(3-6)5-11-12-9/h2-3,5H,4,10H2,1H3,(H,11,12). The van der Waals surface area contributed by atoms with Crippen molar-refractivity contribution in [2.45, 2.75) is 13.5 Å². The number of H-pyrrole nitrogens is 1. The molecule has 1 aromatic heterocycles. The Morgan fingerprint density at radius 3 is 3.08 bits per heavy atom. The Kier molecular flexibility index (Phi) is 1.59. The van der Waals surface area contributed by atoms with Gasteiger partial charge < -0.3 is 5.73 Å². The summed E-state index contributed by atoms with van der Waals surface area (Å²) in [5.41, 5.74) is 9.01. The Morgan fingerprint density at radius 1 is 1.50 bits per heavy atom. The molecule has 0 bridgehead atoms. The van der Waals surface area contributed by atoms with Crippen LogP contribution in [0.4, 0.5) is 0 Å². The first-order valence-corrected chi connectivity index (χ1v) is 3.94. The van der Waals surface area contributed by atoms with Gasteiger partial charge in [0.25, 0.3) is 0 Å². The van der Waals surface area contributed by atoms with E-state index in [0.29, 0.717) is 6.54 Å². The molecular formula is C9H11N3. The Labute approximate surface area is 70.6 Å². The molecule has 12 heavy (non-hydrogen) atoms. The van der Waals surface area contributed by atoms with Crippen molar-refractivity contribution in [1.29, 1.82) is 0 Å². The van der Waals surface area contributed by atoms with Crippen LogP contribution < -0.4 is 5.73 Å². The second kappa shape index (κ2) is 2.60. The Bertz CT molecular complexity index is 403. The summed E-state index contributed by atoms with van der Waals surface area (Å²) in [5, 5.41) is 8.04. The maximum atomic E-state index is 5.60. The van der Waals surface area contributed by atoms with Crippen molar-refractivity contribution >= 4 is 10.9 Å². The van der Waals surface area contributed by atoms with E-state index in [9.17, 15) is 0 Å². The minimum atomic E-state index is 0.556. The van der Waals surface area contributed by atoms with E-state index in [-0.39, 0.29) is 0 Å². The maximum absolute atomic E-state index is 5.60. The average molecular weight is 161 g/mol. The van der Waals surface area contributed by atoms with Gasteiger partial charge in [0, 0.05) is 11.9 Å². The summed E-state index contributed by atoms with van der Waals surface area (Å²) < 4.78 is 0. The number of fused-ring (bicyclic) bond motifs is 1. The quantitative estimate of drug-likeness (QED) is 0.663. The number of aromatic amines is 1. The third kappa shape index (κ3) is 0.987. The fourth-order valence-corrected chi connectivity index (χ4v) is 1.46. The molecular weight excluding hydrogens is 150 g/mol. The summed E-state index contributed by atoms with van der Waals surface area (Å²) in [5.74, 6) is 0. The average Bonchev–Trinajstić information content (AvgIpc) is 2.50. The van der Waals surface area contributed by atoms with Crippen LogP contribution in [0.1, 0.15) is 11.1 Å². The molecule has 0 aliphatic carbocycles. The molecule has 0 aliphatic rings. The third-order valence-electron chi connectivity index (χ3n) is 1.99. The fourth-order valence-electron chi connectivity index (χ4n) is 1.46. The van der Waals surface area contributed by atoms with E-state index >= 15 is 0 Å². The summed E-state index contributed by atoms with van der Waals surface area (Å²) in [6, 6.07) is 4.18. The van der Waals surface area contributed by atoms with Gasteiger partial charge in [0.15, 0.2) is 0 Å². The highest BCUT2D eigenvalue weighted by molar-refractivity contribution is 5.82.